The highest BCUT2D eigenvalue weighted by Crippen LogP contribution is 2.18. The van der Waals surface area contributed by atoms with Crippen molar-refractivity contribution in [3.05, 3.63) is 35.4 Å². The first-order valence-corrected chi connectivity index (χ1v) is 4.22. The number of benzene rings is 1. The summed E-state index contributed by atoms with van der Waals surface area (Å²) in [5.41, 5.74) is 7.47. The van der Waals surface area contributed by atoms with Gasteiger partial charge in [0.05, 0.1) is 18.1 Å². The number of nitrogens with two attached hydrogens (primary N) is 1. The molecule has 3 nitrogen and oxygen atoms in total. The zero-order valence-corrected chi connectivity index (χ0v) is 7.66. The van der Waals surface area contributed by atoms with Crippen molar-refractivity contribution in [3.8, 4) is 6.07 Å². The van der Waals surface area contributed by atoms with Crippen LogP contribution in [0.2, 0.25) is 0 Å². The Morgan fingerprint density at radius 3 is 2.71 bits per heavy atom. The molecule has 0 aromatic heterocycles. The summed E-state index contributed by atoms with van der Waals surface area (Å²) in [5, 5.41) is 8.51. The molecule has 0 spiro atoms. The van der Waals surface area contributed by atoms with Crippen molar-refractivity contribution in [1.82, 2.24) is 0 Å². The molecule has 0 aliphatic carbocycles. The molecule has 0 saturated carbocycles. The van der Waals surface area contributed by atoms with E-state index in [1.807, 2.05) is 24.3 Å². The Morgan fingerprint density at radius 1 is 1.43 bits per heavy atom. The lowest BCUT2D eigenvalue weighted by Crippen LogP contribution is -2.01. The Labute approximate surface area is 82.5 Å². The lowest BCUT2D eigenvalue weighted by molar-refractivity contribution is 0.569. The largest absolute Gasteiger partial charge is 0.326 e. The zero-order chi connectivity index (χ0) is 10.4. The van der Waals surface area contributed by atoms with Crippen LogP contribution in [-0.2, 0) is 11.3 Å². The summed E-state index contributed by atoms with van der Waals surface area (Å²) in [4.78, 5) is 10.6. The molecule has 2 N–H and O–H groups in total. The van der Waals surface area contributed by atoms with Crippen molar-refractivity contribution < 1.29 is 4.79 Å². The second kappa shape index (κ2) is 4.98. The monoisotopic (exact) mass is 186 g/mol. The van der Waals surface area contributed by atoms with E-state index in [0.29, 0.717) is 12.1 Å². The minimum absolute atomic E-state index is 0.0700. The summed E-state index contributed by atoms with van der Waals surface area (Å²) in [5.74, 6) is 1.78. The van der Waals surface area contributed by atoms with Crippen molar-refractivity contribution in [2.75, 3.05) is 0 Å². The summed E-state index contributed by atoms with van der Waals surface area (Å²) in [6.45, 7) is 0.354. The van der Waals surface area contributed by atoms with Crippen LogP contribution in [-0.4, -0.2) is 5.94 Å². The van der Waals surface area contributed by atoms with Crippen LogP contribution in [0.25, 0.3) is 5.57 Å². The van der Waals surface area contributed by atoms with Gasteiger partial charge in [0.15, 0.2) is 0 Å². The highest BCUT2D eigenvalue weighted by molar-refractivity contribution is 5.89. The molecule has 0 unspecified atom stereocenters. The summed E-state index contributed by atoms with van der Waals surface area (Å²) >= 11 is 0. The molecule has 0 atom stereocenters. The van der Waals surface area contributed by atoms with Gasteiger partial charge in [-0.15, -0.1) is 0 Å². The van der Waals surface area contributed by atoms with E-state index in [4.69, 9.17) is 11.0 Å². The van der Waals surface area contributed by atoms with E-state index in [2.05, 4.69) is 0 Å². The smallest absolute Gasteiger partial charge is 0.129 e. The third-order valence-electron chi connectivity index (χ3n) is 1.94. The Bertz CT molecular complexity index is 412. The first kappa shape index (κ1) is 10.2. The van der Waals surface area contributed by atoms with Crippen LogP contribution >= 0.6 is 0 Å². The molecule has 0 saturated heterocycles. The van der Waals surface area contributed by atoms with Crippen LogP contribution in [0.15, 0.2) is 24.3 Å². The second-order valence-corrected chi connectivity index (χ2v) is 2.78. The molecule has 70 valence electrons. The van der Waals surface area contributed by atoms with Crippen LogP contribution in [0.4, 0.5) is 0 Å². The lowest BCUT2D eigenvalue weighted by atomic mass is 9.99. The molecule has 0 bridgehead atoms. The minimum Gasteiger partial charge on any atom is -0.326 e. The van der Waals surface area contributed by atoms with Gasteiger partial charge in [-0.1, -0.05) is 24.3 Å². The molecule has 1 rings (SSSR count). The maximum absolute atomic E-state index is 10.6. The highest BCUT2D eigenvalue weighted by atomic mass is 16.1. The van der Waals surface area contributed by atoms with Gasteiger partial charge in [-0.25, -0.2) is 4.79 Å². The van der Waals surface area contributed by atoms with E-state index < -0.39 is 0 Å². The average Bonchev–Trinajstić information content (AvgIpc) is 2.26. The number of hydrogen-bond donors (Lipinski definition) is 1. The first-order chi connectivity index (χ1) is 6.83. The van der Waals surface area contributed by atoms with Gasteiger partial charge in [0.2, 0.25) is 0 Å². The van der Waals surface area contributed by atoms with Crippen LogP contribution in [0.3, 0.4) is 0 Å². The Kier molecular flexibility index (Phi) is 3.63. The molecule has 0 radical (unpaired) electrons. The standard InChI is InChI=1S/C11H10N2O/c12-6-5-10(8-14)11-4-2-1-3-9(11)7-13/h1-4H,5,7,13H2. The third-order valence-corrected chi connectivity index (χ3v) is 1.94. The van der Waals surface area contributed by atoms with E-state index in [0.717, 1.165) is 11.1 Å². The molecular weight excluding hydrogens is 176 g/mol. The molecule has 1 aromatic carbocycles. The van der Waals surface area contributed by atoms with E-state index in [9.17, 15) is 4.79 Å². The van der Waals surface area contributed by atoms with Gasteiger partial charge in [0, 0.05) is 6.54 Å². The van der Waals surface area contributed by atoms with E-state index in [-0.39, 0.29) is 6.42 Å². The van der Waals surface area contributed by atoms with Crippen molar-refractivity contribution in [2.24, 2.45) is 5.73 Å². The molecule has 0 aliphatic rings. The summed E-state index contributed by atoms with van der Waals surface area (Å²) < 4.78 is 0. The summed E-state index contributed by atoms with van der Waals surface area (Å²) in [7, 11) is 0. The quantitative estimate of drug-likeness (QED) is 0.723. The van der Waals surface area contributed by atoms with E-state index in [1.54, 1.807) is 12.0 Å². The molecule has 0 fully saturated rings. The van der Waals surface area contributed by atoms with Gasteiger partial charge in [-0.3, -0.25) is 0 Å². The molecular formula is C11H10N2O. The number of nitriles is 1. The minimum atomic E-state index is 0.0700. The van der Waals surface area contributed by atoms with Gasteiger partial charge in [-0.05, 0) is 11.1 Å². The van der Waals surface area contributed by atoms with E-state index >= 15 is 0 Å². The Balaban J connectivity index is 3.17. The fourth-order valence-electron chi connectivity index (χ4n) is 1.26. The fraction of sp³-hybridized carbons (Fsp3) is 0.182. The van der Waals surface area contributed by atoms with Crippen molar-refractivity contribution in [3.63, 3.8) is 0 Å². The van der Waals surface area contributed by atoms with E-state index in [1.165, 1.54) is 0 Å². The lowest BCUT2D eigenvalue weighted by Gasteiger charge is -2.05. The fourth-order valence-corrected chi connectivity index (χ4v) is 1.26. The number of allylic oxidation sites excluding steroid dienone is 1. The van der Waals surface area contributed by atoms with Gasteiger partial charge in [0.1, 0.15) is 5.94 Å². The van der Waals surface area contributed by atoms with Crippen LogP contribution in [0, 0.1) is 11.3 Å². The van der Waals surface area contributed by atoms with Gasteiger partial charge >= 0.3 is 0 Å². The molecule has 14 heavy (non-hydrogen) atoms. The summed E-state index contributed by atoms with van der Waals surface area (Å²) in [6.07, 6.45) is 0.0700. The number of rotatable bonds is 3. The highest BCUT2D eigenvalue weighted by Gasteiger charge is 2.06. The Hall–Kier alpha value is -1.88. The second-order valence-electron chi connectivity index (χ2n) is 2.78. The van der Waals surface area contributed by atoms with Gasteiger partial charge < -0.3 is 5.73 Å². The first-order valence-electron chi connectivity index (χ1n) is 4.22. The molecule has 0 heterocycles. The van der Waals surface area contributed by atoms with Crippen molar-refractivity contribution in [2.45, 2.75) is 13.0 Å². The molecule has 1 aromatic rings. The van der Waals surface area contributed by atoms with Crippen LogP contribution < -0.4 is 5.73 Å². The normalized spacial score (nSPS) is 8.86. The topological polar surface area (TPSA) is 66.9 Å². The van der Waals surface area contributed by atoms with Crippen molar-refractivity contribution in [1.29, 1.82) is 5.26 Å². The molecule has 0 amide bonds. The SMILES string of the molecule is N#CCC(=C=O)c1ccccc1CN. The molecule has 0 aliphatic heterocycles. The van der Waals surface area contributed by atoms with Crippen molar-refractivity contribution >= 4 is 11.5 Å². The van der Waals surface area contributed by atoms with Crippen LogP contribution in [0.5, 0.6) is 0 Å². The number of carbonyl (C=O) groups excluding carboxylic acids is 1. The zero-order valence-electron chi connectivity index (χ0n) is 7.66. The van der Waals surface area contributed by atoms with Crippen LogP contribution in [0.1, 0.15) is 17.5 Å². The summed E-state index contributed by atoms with van der Waals surface area (Å²) in [6, 6.07) is 9.20. The molecule has 3 heteroatoms. The maximum Gasteiger partial charge on any atom is 0.129 e. The third kappa shape index (κ3) is 2.08. The Morgan fingerprint density at radius 2 is 2.14 bits per heavy atom. The number of nitrogens with zero attached hydrogens (tertiary/aromatic N) is 1. The maximum atomic E-state index is 10.6. The predicted molar refractivity (Wildman–Crippen MR) is 53.7 cm³/mol. The number of hydrogen-bond acceptors (Lipinski definition) is 3. The average molecular weight is 186 g/mol. The van der Waals surface area contributed by atoms with Gasteiger partial charge in [0.25, 0.3) is 0 Å². The predicted octanol–water partition coefficient (Wildman–Crippen LogP) is 1.27. The van der Waals surface area contributed by atoms with Gasteiger partial charge in [-0.2, -0.15) is 5.26 Å².